The Kier molecular flexibility index (Phi) is 5.43. The summed E-state index contributed by atoms with van der Waals surface area (Å²) in [7, 11) is 0. The monoisotopic (exact) mass is 336 g/mol. The molecule has 0 unspecified atom stereocenters. The SMILES string of the molecule is CC(C)(C)OC(=O)N1CCC[C@H]([C@@H](O)c2ccccc2[N+](=O)[O-])C1. The van der Waals surface area contributed by atoms with E-state index >= 15 is 0 Å². The van der Waals surface area contributed by atoms with E-state index in [0.29, 0.717) is 25.1 Å². The number of nitro benzene ring substituents is 1. The number of likely N-dealkylation sites (tertiary alicyclic amines) is 1. The van der Waals surface area contributed by atoms with Crippen molar-refractivity contribution in [2.24, 2.45) is 5.92 Å². The number of benzene rings is 1. The van der Waals surface area contributed by atoms with Crippen LogP contribution in [0.3, 0.4) is 0 Å². The van der Waals surface area contributed by atoms with Crippen LogP contribution in [0.15, 0.2) is 24.3 Å². The minimum Gasteiger partial charge on any atom is -0.444 e. The topological polar surface area (TPSA) is 92.9 Å². The summed E-state index contributed by atoms with van der Waals surface area (Å²) in [6.45, 7) is 6.29. The van der Waals surface area contributed by atoms with Gasteiger partial charge in [0.15, 0.2) is 0 Å². The fraction of sp³-hybridized carbons (Fsp3) is 0.588. The van der Waals surface area contributed by atoms with Gasteiger partial charge in [-0.1, -0.05) is 12.1 Å². The van der Waals surface area contributed by atoms with E-state index in [-0.39, 0.29) is 11.6 Å². The molecule has 2 atom stereocenters. The first-order valence-electron chi connectivity index (χ1n) is 8.08. The number of aliphatic hydroxyl groups excluding tert-OH is 1. The Morgan fingerprint density at radius 1 is 1.42 bits per heavy atom. The van der Waals surface area contributed by atoms with Crippen molar-refractivity contribution in [1.29, 1.82) is 0 Å². The average molecular weight is 336 g/mol. The van der Waals surface area contributed by atoms with Gasteiger partial charge < -0.3 is 14.7 Å². The standard InChI is InChI=1S/C17H24N2O5/c1-17(2,3)24-16(21)18-10-6-7-12(11-18)15(20)13-8-4-5-9-14(13)19(22)23/h4-5,8-9,12,15,20H,6-7,10-11H2,1-3H3/t12-,15+/m0/s1. The molecular weight excluding hydrogens is 312 g/mol. The lowest BCUT2D eigenvalue weighted by molar-refractivity contribution is -0.386. The molecule has 0 aromatic heterocycles. The summed E-state index contributed by atoms with van der Waals surface area (Å²) in [5, 5.41) is 21.8. The molecule has 1 amide bonds. The third-order valence-electron chi connectivity index (χ3n) is 4.01. The van der Waals surface area contributed by atoms with Gasteiger partial charge in [0, 0.05) is 25.1 Å². The molecule has 0 bridgehead atoms. The van der Waals surface area contributed by atoms with Crippen molar-refractivity contribution in [3.63, 3.8) is 0 Å². The highest BCUT2D eigenvalue weighted by molar-refractivity contribution is 5.68. The second kappa shape index (κ2) is 7.17. The average Bonchev–Trinajstić information content (AvgIpc) is 2.52. The number of nitrogens with zero attached hydrogens (tertiary/aromatic N) is 2. The molecule has 0 radical (unpaired) electrons. The van der Waals surface area contributed by atoms with Gasteiger partial charge in [0.05, 0.1) is 16.6 Å². The summed E-state index contributed by atoms with van der Waals surface area (Å²) < 4.78 is 5.37. The van der Waals surface area contributed by atoms with Crippen LogP contribution in [0.4, 0.5) is 10.5 Å². The van der Waals surface area contributed by atoms with Crippen LogP contribution in [0.2, 0.25) is 0 Å². The number of para-hydroxylation sites is 1. The van der Waals surface area contributed by atoms with Crippen LogP contribution in [0.5, 0.6) is 0 Å². The molecule has 1 N–H and O–H groups in total. The fourth-order valence-corrected chi connectivity index (χ4v) is 2.92. The van der Waals surface area contributed by atoms with E-state index in [0.717, 1.165) is 6.42 Å². The minimum atomic E-state index is -0.989. The fourth-order valence-electron chi connectivity index (χ4n) is 2.92. The Labute approximate surface area is 141 Å². The highest BCUT2D eigenvalue weighted by atomic mass is 16.6. The molecule has 7 nitrogen and oxygen atoms in total. The van der Waals surface area contributed by atoms with Gasteiger partial charge >= 0.3 is 6.09 Å². The van der Waals surface area contributed by atoms with Gasteiger partial charge in [-0.25, -0.2) is 4.79 Å². The molecule has 1 aromatic carbocycles. The van der Waals surface area contributed by atoms with E-state index < -0.39 is 22.7 Å². The number of aliphatic hydroxyl groups is 1. The molecule has 1 aromatic rings. The van der Waals surface area contributed by atoms with Crippen molar-refractivity contribution in [1.82, 2.24) is 4.90 Å². The molecule has 1 fully saturated rings. The first kappa shape index (κ1) is 18.2. The van der Waals surface area contributed by atoms with Gasteiger partial charge in [0.25, 0.3) is 5.69 Å². The lowest BCUT2D eigenvalue weighted by Gasteiger charge is -2.36. The number of hydrogen-bond acceptors (Lipinski definition) is 5. The van der Waals surface area contributed by atoms with Crippen LogP contribution in [0, 0.1) is 16.0 Å². The molecule has 7 heteroatoms. The van der Waals surface area contributed by atoms with Crippen LogP contribution in [0.1, 0.15) is 45.3 Å². The quantitative estimate of drug-likeness (QED) is 0.675. The molecule has 2 rings (SSSR count). The lowest BCUT2D eigenvalue weighted by Crippen LogP contribution is -2.44. The maximum absolute atomic E-state index is 12.2. The second-order valence-corrected chi connectivity index (χ2v) is 7.09. The maximum atomic E-state index is 12.2. The summed E-state index contributed by atoms with van der Waals surface area (Å²) in [4.78, 5) is 24.4. The van der Waals surface area contributed by atoms with E-state index in [1.807, 2.05) is 0 Å². The molecule has 0 spiro atoms. The number of carbonyl (C=O) groups is 1. The van der Waals surface area contributed by atoms with E-state index in [4.69, 9.17) is 4.74 Å². The third-order valence-corrected chi connectivity index (χ3v) is 4.01. The van der Waals surface area contributed by atoms with E-state index in [1.54, 1.807) is 43.9 Å². The Hall–Kier alpha value is -2.15. The smallest absolute Gasteiger partial charge is 0.410 e. The molecule has 1 aliphatic heterocycles. The highest BCUT2D eigenvalue weighted by Gasteiger charge is 2.33. The van der Waals surface area contributed by atoms with Crippen LogP contribution >= 0.6 is 0 Å². The minimum absolute atomic E-state index is 0.0978. The zero-order chi connectivity index (χ0) is 17.9. The summed E-state index contributed by atoms with van der Waals surface area (Å²) in [5.41, 5.74) is -0.390. The highest BCUT2D eigenvalue weighted by Crippen LogP contribution is 2.34. The number of nitro groups is 1. The van der Waals surface area contributed by atoms with Gasteiger partial charge in [-0.15, -0.1) is 0 Å². The number of piperidine rings is 1. The van der Waals surface area contributed by atoms with Gasteiger partial charge in [-0.2, -0.15) is 0 Å². The van der Waals surface area contributed by atoms with Crippen molar-refractivity contribution < 1.29 is 19.6 Å². The summed E-state index contributed by atoms with van der Waals surface area (Å²) in [5.74, 6) is -0.257. The largest absolute Gasteiger partial charge is 0.444 e. The molecule has 24 heavy (non-hydrogen) atoms. The van der Waals surface area contributed by atoms with E-state index in [2.05, 4.69) is 0 Å². The molecule has 1 aliphatic rings. The number of ether oxygens (including phenoxy) is 1. The van der Waals surface area contributed by atoms with Gasteiger partial charge in [-0.05, 0) is 39.7 Å². The zero-order valence-electron chi connectivity index (χ0n) is 14.3. The van der Waals surface area contributed by atoms with Crippen molar-refractivity contribution in [2.75, 3.05) is 13.1 Å². The molecule has 0 aliphatic carbocycles. The maximum Gasteiger partial charge on any atom is 0.410 e. The van der Waals surface area contributed by atoms with Crippen LogP contribution in [-0.4, -0.2) is 39.7 Å². The zero-order valence-corrected chi connectivity index (χ0v) is 14.3. The van der Waals surface area contributed by atoms with Crippen molar-refractivity contribution >= 4 is 11.8 Å². The first-order chi connectivity index (χ1) is 11.2. The van der Waals surface area contributed by atoms with Crippen LogP contribution < -0.4 is 0 Å². The van der Waals surface area contributed by atoms with Gasteiger partial charge in [-0.3, -0.25) is 10.1 Å². The summed E-state index contributed by atoms with van der Waals surface area (Å²) in [6, 6.07) is 6.18. The summed E-state index contributed by atoms with van der Waals surface area (Å²) in [6.07, 6.45) is 0.0208. The Morgan fingerprint density at radius 2 is 2.08 bits per heavy atom. The summed E-state index contributed by atoms with van der Waals surface area (Å²) >= 11 is 0. The molecular formula is C17H24N2O5. The number of rotatable bonds is 3. The van der Waals surface area contributed by atoms with E-state index in [9.17, 15) is 20.0 Å². The molecule has 1 heterocycles. The van der Waals surface area contributed by atoms with Crippen molar-refractivity contribution in [2.45, 2.75) is 45.3 Å². The number of amides is 1. The first-order valence-corrected chi connectivity index (χ1v) is 8.08. The normalized spacial score (nSPS) is 19.7. The third kappa shape index (κ3) is 4.44. The predicted molar refractivity (Wildman–Crippen MR) is 88.6 cm³/mol. The number of carbonyl (C=O) groups excluding carboxylic acids is 1. The second-order valence-electron chi connectivity index (χ2n) is 7.09. The molecule has 132 valence electrons. The predicted octanol–water partition coefficient (Wildman–Crippen LogP) is 3.28. The Morgan fingerprint density at radius 3 is 2.71 bits per heavy atom. The molecule has 0 saturated carbocycles. The van der Waals surface area contributed by atoms with Crippen molar-refractivity contribution in [3.8, 4) is 0 Å². The Balaban J connectivity index is 2.12. The van der Waals surface area contributed by atoms with Crippen molar-refractivity contribution in [3.05, 3.63) is 39.9 Å². The van der Waals surface area contributed by atoms with Crippen LogP contribution in [-0.2, 0) is 4.74 Å². The van der Waals surface area contributed by atoms with Crippen LogP contribution in [0.25, 0.3) is 0 Å². The number of hydrogen-bond donors (Lipinski definition) is 1. The van der Waals surface area contributed by atoms with Gasteiger partial charge in [0.1, 0.15) is 5.60 Å². The lowest BCUT2D eigenvalue weighted by atomic mass is 9.88. The molecule has 1 saturated heterocycles. The Bertz CT molecular complexity index is 611. The van der Waals surface area contributed by atoms with Gasteiger partial charge in [0.2, 0.25) is 0 Å². The van der Waals surface area contributed by atoms with E-state index in [1.165, 1.54) is 6.07 Å².